The van der Waals surface area contributed by atoms with E-state index in [1.165, 1.54) is 12.3 Å². The highest BCUT2D eigenvalue weighted by molar-refractivity contribution is 9.10. The van der Waals surface area contributed by atoms with Crippen molar-refractivity contribution in [2.75, 3.05) is 13.3 Å². The minimum absolute atomic E-state index is 0.330. The van der Waals surface area contributed by atoms with Crippen molar-refractivity contribution in [2.24, 2.45) is 0 Å². The van der Waals surface area contributed by atoms with Crippen LogP contribution in [0, 0.1) is 5.82 Å². The lowest BCUT2D eigenvalue weighted by atomic mass is 10.0. The molecule has 1 N–H and O–H groups in total. The minimum atomic E-state index is -3.16. The zero-order valence-corrected chi connectivity index (χ0v) is 12.3. The fourth-order valence-electron chi connectivity index (χ4n) is 1.63. The number of rotatable bonds is 4. The molecule has 1 aromatic carbocycles. The summed E-state index contributed by atoms with van der Waals surface area (Å²) in [5.41, 5.74) is 0.735. The molecule has 0 amide bonds. The monoisotopic (exact) mass is 323 g/mol. The molecule has 3 nitrogen and oxygen atoms in total. The van der Waals surface area contributed by atoms with Crippen molar-refractivity contribution in [3.8, 4) is 0 Å². The summed E-state index contributed by atoms with van der Waals surface area (Å²) in [5, 5.41) is 2.37. The van der Waals surface area contributed by atoms with Crippen molar-refractivity contribution in [2.45, 2.75) is 18.2 Å². The Morgan fingerprint density at radius 2 is 2.00 bits per heavy atom. The molecule has 2 atom stereocenters. The lowest BCUT2D eigenvalue weighted by Crippen LogP contribution is -2.33. The van der Waals surface area contributed by atoms with Crippen LogP contribution in [-0.4, -0.2) is 27.0 Å². The highest BCUT2D eigenvalue weighted by Crippen LogP contribution is 2.25. The first-order valence-corrected chi connectivity index (χ1v) is 7.83. The maximum absolute atomic E-state index is 13.1. The Bertz CT molecular complexity index is 504. The number of hydrogen-bond acceptors (Lipinski definition) is 3. The number of nitrogens with one attached hydrogen (secondary N) is 1. The van der Waals surface area contributed by atoms with Gasteiger partial charge in [0.1, 0.15) is 5.82 Å². The van der Waals surface area contributed by atoms with Crippen LogP contribution in [0.5, 0.6) is 0 Å². The number of benzene rings is 1. The number of hydrogen-bond donors (Lipinski definition) is 1. The minimum Gasteiger partial charge on any atom is -0.312 e. The molecule has 0 aliphatic rings. The van der Waals surface area contributed by atoms with Gasteiger partial charge in [-0.1, -0.05) is 6.07 Å². The van der Waals surface area contributed by atoms with E-state index in [-0.39, 0.29) is 11.9 Å². The van der Waals surface area contributed by atoms with E-state index >= 15 is 0 Å². The third kappa shape index (κ3) is 3.50. The fourth-order valence-corrected chi connectivity index (χ4v) is 2.81. The van der Waals surface area contributed by atoms with Crippen molar-refractivity contribution in [3.05, 3.63) is 34.1 Å². The normalized spacial score (nSPS) is 15.6. The Balaban J connectivity index is 3.14. The van der Waals surface area contributed by atoms with Crippen molar-refractivity contribution in [1.29, 1.82) is 0 Å². The molecule has 0 saturated carbocycles. The zero-order valence-electron chi connectivity index (χ0n) is 9.87. The Labute approximate surface area is 109 Å². The van der Waals surface area contributed by atoms with E-state index in [9.17, 15) is 12.8 Å². The third-order valence-electron chi connectivity index (χ3n) is 2.76. The number of sulfone groups is 1. The van der Waals surface area contributed by atoms with Crippen LogP contribution in [0.2, 0.25) is 0 Å². The standard InChI is InChI=1S/C11H15BrFNO2S/c1-7(17(3,15)16)11(14-2)8-4-5-10(13)9(12)6-8/h4-7,11,14H,1-3H3. The van der Waals surface area contributed by atoms with Gasteiger partial charge in [-0.3, -0.25) is 0 Å². The summed E-state index contributed by atoms with van der Waals surface area (Å²) in [6.45, 7) is 1.63. The van der Waals surface area contributed by atoms with Gasteiger partial charge < -0.3 is 5.32 Å². The lowest BCUT2D eigenvalue weighted by Gasteiger charge is -2.22. The molecule has 0 aliphatic heterocycles. The molecule has 0 aliphatic carbocycles. The Morgan fingerprint density at radius 3 is 2.41 bits per heavy atom. The summed E-state index contributed by atoms with van der Waals surface area (Å²) in [7, 11) is -1.47. The molecule has 0 saturated heterocycles. The van der Waals surface area contributed by atoms with Crippen molar-refractivity contribution >= 4 is 25.8 Å². The van der Waals surface area contributed by atoms with Gasteiger partial charge in [0.05, 0.1) is 9.72 Å². The molecular formula is C11H15BrFNO2S. The largest absolute Gasteiger partial charge is 0.312 e. The number of halogens is 2. The molecule has 0 fully saturated rings. The van der Waals surface area contributed by atoms with Gasteiger partial charge in [-0.25, -0.2) is 12.8 Å². The van der Waals surface area contributed by atoms with E-state index in [0.717, 1.165) is 5.56 Å². The average molecular weight is 324 g/mol. The Morgan fingerprint density at radius 1 is 1.41 bits per heavy atom. The first-order valence-electron chi connectivity index (χ1n) is 5.08. The van der Waals surface area contributed by atoms with Gasteiger partial charge >= 0.3 is 0 Å². The third-order valence-corrected chi connectivity index (χ3v) is 4.99. The molecule has 0 aromatic heterocycles. The second-order valence-corrected chi connectivity index (χ2v) is 7.23. The summed E-state index contributed by atoms with van der Waals surface area (Å²) >= 11 is 3.09. The Kier molecular flexibility index (Phi) is 4.69. The summed E-state index contributed by atoms with van der Waals surface area (Å²) < 4.78 is 36.5. The summed E-state index contributed by atoms with van der Waals surface area (Å²) in [6.07, 6.45) is 1.20. The SMILES string of the molecule is CNC(c1ccc(F)c(Br)c1)C(C)S(C)(=O)=O. The van der Waals surface area contributed by atoms with Crippen molar-refractivity contribution < 1.29 is 12.8 Å². The molecule has 0 spiro atoms. The average Bonchev–Trinajstić information content (AvgIpc) is 2.23. The first kappa shape index (κ1) is 14.6. The van der Waals surface area contributed by atoms with Crippen LogP contribution in [0.15, 0.2) is 22.7 Å². The van der Waals surface area contributed by atoms with E-state index in [1.54, 1.807) is 26.1 Å². The van der Waals surface area contributed by atoms with Crippen molar-refractivity contribution in [3.63, 3.8) is 0 Å². The summed E-state index contributed by atoms with van der Waals surface area (Å²) in [6, 6.07) is 4.14. The predicted octanol–water partition coefficient (Wildman–Crippen LogP) is 2.28. The molecule has 0 radical (unpaired) electrons. The molecule has 0 heterocycles. The molecule has 2 unspecified atom stereocenters. The van der Waals surface area contributed by atoms with Crippen LogP contribution < -0.4 is 5.32 Å². The predicted molar refractivity (Wildman–Crippen MR) is 70.2 cm³/mol. The smallest absolute Gasteiger partial charge is 0.151 e. The van der Waals surface area contributed by atoms with E-state index < -0.39 is 15.1 Å². The topological polar surface area (TPSA) is 46.2 Å². The maximum atomic E-state index is 13.1. The van der Waals surface area contributed by atoms with Crippen molar-refractivity contribution in [1.82, 2.24) is 5.32 Å². The van der Waals surface area contributed by atoms with E-state index in [1.807, 2.05) is 0 Å². The highest BCUT2D eigenvalue weighted by Gasteiger charge is 2.26. The highest BCUT2D eigenvalue weighted by atomic mass is 79.9. The van der Waals surface area contributed by atoms with E-state index in [4.69, 9.17) is 0 Å². The molecule has 17 heavy (non-hydrogen) atoms. The second-order valence-electron chi connectivity index (χ2n) is 3.97. The van der Waals surface area contributed by atoms with Crippen LogP contribution in [0.1, 0.15) is 18.5 Å². The molecule has 96 valence electrons. The maximum Gasteiger partial charge on any atom is 0.151 e. The van der Waals surface area contributed by atoms with Gasteiger partial charge in [0.2, 0.25) is 0 Å². The lowest BCUT2D eigenvalue weighted by molar-refractivity contribution is 0.533. The van der Waals surface area contributed by atoms with Gasteiger partial charge in [0.15, 0.2) is 9.84 Å². The van der Waals surface area contributed by atoms with Crippen LogP contribution in [0.3, 0.4) is 0 Å². The molecule has 0 bridgehead atoms. The van der Waals surface area contributed by atoms with E-state index in [2.05, 4.69) is 21.2 Å². The van der Waals surface area contributed by atoms with Gasteiger partial charge in [-0.15, -0.1) is 0 Å². The van der Waals surface area contributed by atoms with Gasteiger partial charge in [-0.05, 0) is 47.6 Å². The van der Waals surface area contributed by atoms with E-state index in [0.29, 0.717) is 4.47 Å². The quantitative estimate of drug-likeness (QED) is 0.924. The van der Waals surface area contributed by atoms with Gasteiger partial charge in [0, 0.05) is 12.3 Å². The first-order chi connectivity index (χ1) is 7.77. The zero-order chi connectivity index (χ0) is 13.2. The van der Waals surface area contributed by atoms with Crippen LogP contribution in [0.4, 0.5) is 4.39 Å². The molecular weight excluding hydrogens is 309 g/mol. The van der Waals surface area contributed by atoms with Gasteiger partial charge in [-0.2, -0.15) is 0 Å². The second kappa shape index (κ2) is 5.46. The molecule has 1 aromatic rings. The molecule has 1 rings (SSSR count). The van der Waals surface area contributed by atoms with Gasteiger partial charge in [0.25, 0.3) is 0 Å². The summed E-state index contributed by atoms with van der Waals surface area (Å²) in [5.74, 6) is -0.365. The fraction of sp³-hybridized carbons (Fsp3) is 0.455. The Hall–Kier alpha value is -0.460. The van der Waals surface area contributed by atoms with Crippen LogP contribution in [-0.2, 0) is 9.84 Å². The molecule has 6 heteroatoms. The van der Waals surface area contributed by atoms with Crippen LogP contribution in [0.25, 0.3) is 0 Å². The summed E-state index contributed by atoms with van der Waals surface area (Å²) in [4.78, 5) is 0. The van der Waals surface area contributed by atoms with Crippen LogP contribution >= 0.6 is 15.9 Å².